The van der Waals surface area contributed by atoms with Gasteiger partial charge in [-0.25, -0.2) is 8.42 Å². The zero-order chi connectivity index (χ0) is 19.3. The number of carbonyl (C=O) groups excluding carboxylic acids is 1. The van der Waals surface area contributed by atoms with Gasteiger partial charge in [-0.1, -0.05) is 0 Å². The Labute approximate surface area is 154 Å². The molecule has 140 valence electrons. The van der Waals surface area contributed by atoms with Gasteiger partial charge in [-0.05, 0) is 69.3 Å². The number of hydrogen-bond acceptors (Lipinski definition) is 4. The van der Waals surface area contributed by atoms with Crippen molar-refractivity contribution < 1.29 is 17.9 Å². The number of ether oxygens (including phenoxy) is 1. The first-order valence-corrected chi connectivity index (χ1v) is 10.2. The van der Waals surface area contributed by atoms with Crippen molar-refractivity contribution in [3.8, 4) is 5.75 Å². The number of anilines is 2. The van der Waals surface area contributed by atoms with E-state index in [2.05, 4.69) is 5.32 Å². The zero-order valence-corrected chi connectivity index (χ0v) is 16.2. The maximum absolute atomic E-state index is 12.4. The summed E-state index contributed by atoms with van der Waals surface area (Å²) in [6.45, 7) is 5.98. The van der Waals surface area contributed by atoms with Crippen LogP contribution in [-0.2, 0) is 10.0 Å². The summed E-state index contributed by atoms with van der Waals surface area (Å²) in [4.78, 5) is 12.4. The van der Waals surface area contributed by atoms with Crippen LogP contribution in [0.15, 0.2) is 48.5 Å². The molecule has 2 aromatic carbocycles. The summed E-state index contributed by atoms with van der Waals surface area (Å²) < 4.78 is 30.4. The van der Waals surface area contributed by atoms with Crippen LogP contribution in [0.5, 0.6) is 5.75 Å². The van der Waals surface area contributed by atoms with Crippen LogP contribution in [0.3, 0.4) is 0 Å². The highest BCUT2D eigenvalue weighted by Gasteiger charge is 2.15. The molecule has 0 aliphatic heterocycles. The average Bonchev–Trinajstić information content (AvgIpc) is 2.56. The average molecular weight is 376 g/mol. The minimum absolute atomic E-state index is 0.0866. The highest BCUT2D eigenvalue weighted by atomic mass is 32.2. The van der Waals surface area contributed by atoms with Crippen LogP contribution < -0.4 is 14.4 Å². The molecular formula is C19H24N2O4S. The molecule has 0 heterocycles. The molecule has 0 unspecified atom stereocenters. The summed E-state index contributed by atoms with van der Waals surface area (Å²) in [5.41, 5.74) is 1.63. The molecule has 1 amide bonds. The van der Waals surface area contributed by atoms with E-state index in [0.29, 0.717) is 23.5 Å². The Kier molecular flexibility index (Phi) is 6.26. The molecule has 6 nitrogen and oxygen atoms in total. The largest absolute Gasteiger partial charge is 0.491 e. The molecule has 0 saturated heterocycles. The van der Waals surface area contributed by atoms with E-state index in [4.69, 9.17) is 4.74 Å². The van der Waals surface area contributed by atoms with Gasteiger partial charge < -0.3 is 10.1 Å². The minimum atomic E-state index is -3.34. The van der Waals surface area contributed by atoms with Crippen LogP contribution >= 0.6 is 0 Å². The molecule has 0 aromatic heterocycles. The topological polar surface area (TPSA) is 75.7 Å². The molecule has 2 aromatic rings. The molecule has 1 N–H and O–H groups in total. The maximum atomic E-state index is 12.4. The quantitative estimate of drug-likeness (QED) is 0.802. The van der Waals surface area contributed by atoms with Gasteiger partial charge in [-0.2, -0.15) is 0 Å². The highest BCUT2D eigenvalue weighted by molar-refractivity contribution is 7.92. The molecule has 0 radical (unpaired) electrons. The second kappa shape index (κ2) is 8.23. The second-order valence-electron chi connectivity index (χ2n) is 6.12. The molecular weight excluding hydrogens is 352 g/mol. The van der Waals surface area contributed by atoms with Crippen molar-refractivity contribution in [2.75, 3.05) is 22.4 Å². The third kappa shape index (κ3) is 5.23. The minimum Gasteiger partial charge on any atom is -0.491 e. The third-order valence-corrected chi connectivity index (χ3v) is 4.86. The van der Waals surface area contributed by atoms with Gasteiger partial charge in [0.15, 0.2) is 0 Å². The SMILES string of the molecule is CCN(c1ccc(C(=O)Nc2ccc(OC(C)C)cc2)cc1)S(C)(=O)=O. The molecule has 26 heavy (non-hydrogen) atoms. The monoisotopic (exact) mass is 376 g/mol. The Morgan fingerprint density at radius 2 is 1.65 bits per heavy atom. The Hall–Kier alpha value is -2.54. The number of hydrogen-bond donors (Lipinski definition) is 1. The number of rotatable bonds is 7. The summed E-state index contributed by atoms with van der Waals surface area (Å²) in [7, 11) is -3.34. The van der Waals surface area contributed by atoms with E-state index < -0.39 is 10.0 Å². The van der Waals surface area contributed by atoms with E-state index in [-0.39, 0.29) is 12.0 Å². The number of amides is 1. The summed E-state index contributed by atoms with van der Waals surface area (Å²) in [6.07, 6.45) is 1.24. The van der Waals surface area contributed by atoms with Crippen LogP contribution in [0.2, 0.25) is 0 Å². The Morgan fingerprint density at radius 3 is 2.12 bits per heavy atom. The highest BCUT2D eigenvalue weighted by Crippen LogP contribution is 2.20. The molecule has 0 fully saturated rings. The van der Waals surface area contributed by atoms with E-state index in [1.807, 2.05) is 13.8 Å². The van der Waals surface area contributed by atoms with Crippen molar-refractivity contribution in [1.29, 1.82) is 0 Å². The molecule has 0 aliphatic carbocycles. The molecule has 0 saturated carbocycles. The Bertz CT molecular complexity index is 844. The predicted molar refractivity (Wildman–Crippen MR) is 104 cm³/mol. The third-order valence-electron chi connectivity index (χ3n) is 3.59. The van der Waals surface area contributed by atoms with Crippen molar-refractivity contribution in [3.05, 3.63) is 54.1 Å². The first-order chi connectivity index (χ1) is 12.2. The molecule has 0 spiro atoms. The molecule has 2 rings (SSSR count). The first-order valence-electron chi connectivity index (χ1n) is 8.36. The lowest BCUT2D eigenvalue weighted by atomic mass is 10.2. The number of nitrogens with one attached hydrogen (secondary N) is 1. The van der Waals surface area contributed by atoms with Crippen LogP contribution in [-0.4, -0.2) is 33.2 Å². The fourth-order valence-corrected chi connectivity index (χ4v) is 3.45. The van der Waals surface area contributed by atoms with Gasteiger partial charge in [-0.15, -0.1) is 0 Å². The van der Waals surface area contributed by atoms with Gasteiger partial charge in [0, 0.05) is 17.8 Å². The maximum Gasteiger partial charge on any atom is 0.255 e. The van der Waals surface area contributed by atoms with E-state index in [0.717, 1.165) is 12.0 Å². The smallest absolute Gasteiger partial charge is 0.255 e. The molecule has 0 atom stereocenters. The van der Waals surface area contributed by atoms with E-state index in [9.17, 15) is 13.2 Å². The standard InChI is InChI=1S/C19H24N2O4S/c1-5-21(26(4,23)24)17-10-6-15(7-11-17)19(22)20-16-8-12-18(13-9-16)25-14(2)3/h6-14H,5H2,1-4H3,(H,20,22). The van der Waals surface area contributed by atoms with Gasteiger partial charge in [0.1, 0.15) is 5.75 Å². The second-order valence-corrected chi connectivity index (χ2v) is 8.03. The van der Waals surface area contributed by atoms with Gasteiger partial charge in [0.25, 0.3) is 5.91 Å². The van der Waals surface area contributed by atoms with Gasteiger partial charge >= 0.3 is 0 Å². The van der Waals surface area contributed by atoms with Crippen molar-refractivity contribution in [2.45, 2.75) is 26.9 Å². The number of benzene rings is 2. The van der Waals surface area contributed by atoms with Crippen LogP contribution in [0.1, 0.15) is 31.1 Å². The normalized spacial score (nSPS) is 11.3. The molecule has 7 heteroatoms. The summed E-state index contributed by atoms with van der Waals surface area (Å²) >= 11 is 0. The Balaban J connectivity index is 2.08. The Morgan fingerprint density at radius 1 is 1.08 bits per heavy atom. The summed E-state index contributed by atoms with van der Waals surface area (Å²) in [5, 5.41) is 2.81. The summed E-state index contributed by atoms with van der Waals surface area (Å²) in [6, 6.07) is 13.6. The van der Waals surface area contributed by atoms with Crippen molar-refractivity contribution in [2.24, 2.45) is 0 Å². The van der Waals surface area contributed by atoms with Gasteiger partial charge in [-0.3, -0.25) is 9.10 Å². The summed E-state index contributed by atoms with van der Waals surface area (Å²) in [5.74, 6) is 0.472. The van der Waals surface area contributed by atoms with E-state index in [1.165, 1.54) is 4.31 Å². The van der Waals surface area contributed by atoms with Gasteiger partial charge in [0.2, 0.25) is 10.0 Å². The molecule has 0 aliphatic rings. The lowest BCUT2D eigenvalue weighted by Gasteiger charge is -2.20. The van der Waals surface area contributed by atoms with Crippen LogP contribution in [0.25, 0.3) is 0 Å². The van der Waals surface area contributed by atoms with Crippen LogP contribution in [0, 0.1) is 0 Å². The zero-order valence-electron chi connectivity index (χ0n) is 15.4. The van der Waals surface area contributed by atoms with Gasteiger partial charge in [0.05, 0.1) is 18.0 Å². The van der Waals surface area contributed by atoms with E-state index in [1.54, 1.807) is 55.5 Å². The molecule has 0 bridgehead atoms. The first kappa shape index (κ1) is 19.8. The van der Waals surface area contributed by atoms with Crippen molar-refractivity contribution >= 4 is 27.3 Å². The van der Waals surface area contributed by atoms with Crippen molar-refractivity contribution in [3.63, 3.8) is 0 Å². The number of nitrogens with zero attached hydrogens (tertiary/aromatic N) is 1. The lowest BCUT2D eigenvalue weighted by Crippen LogP contribution is -2.29. The lowest BCUT2D eigenvalue weighted by molar-refractivity contribution is 0.102. The number of sulfonamides is 1. The van der Waals surface area contributed by atoms with Crippen LogP contribution in [0.4, 0.5) is 11.4 Å². The van der Waals surface area contributed by atoms with E-state index >= 15 is 0 Å². The fraction of sp³-hybridized carbons (Fsp3) is 0.316. The predicted octanol–water partition coefficient (Wildman–Crippen LogP) is 3.51. The number of carbonyl (C=O) groups is 1. The van der Waals surface area contributed by atoms with Crippen molar-refractivity contribution in [1.82, 2.24) is 0 Å². The fourth-order valence-electron chi connectivity index (χ4n) is 2.48.